The molecule has 0 spiro atoms. The third-order valence-electron chi connectivity index (χ3n) is 5.25. The number of aromatic nitrogens is 3. The summed E-state index contributed by atoms with van der Waals surface area (Å²) in [6, 6.07) is 4.07. The van der Waals surface area contributed by atoms with Gasteiger partial charge in [0.15, 0.2) is 5.65 Å². The molecule has 2 aromatic rings. The van der Waals surface area contributed by atoms with Crippen molar-refractivity contribution in [1.82, 2.24) is 25.4 Å². The third-order valence-corrected chi connectivity index (χ3v) is 5.25. The number of nitrogens with one attached hydrogen (secondary N) is 2. The van der Waals surface area contributed by atoms with Gasteiger partial charge in [0.2, 0.25) is 5.91 Å². The molecule has 2 aromatic heterocycles. The maximum absolute atomic E-state index is 12.3. The molecule has 0 aromatic carbocycles. The second kappa shape index (κ2) is 7.35. The van der Waals surface area contributed by atoms with Crippen LogP contribution in [0.25, 0.3) is 11.0 Å². The number of rotatable bonds is 5. The van der Waals surface area contributed by atoms with Crippen LogP contribution < -0.4 is 10.6 Å². The highest BCUT2D eigenvalue weighted by atomic mass is 16.1. The molecule has 4 rings (SSSR count). The van der Waals surface area contributed by atoms with Crippen molar-refractivity contribution in [3.05, 3.63) is 36.2 Å². The van der Waals surface area contributed by atoms with Gasteiger partial charge in [-0.15, -0.1) is 0 Å². The zero-order valence-electron chi connectivity index (χ0n) is 14.4. The molecule has 2 atom stereocenters. The van der Waals surface area contributed by atoms with Crippen LogP contribution in [0, 0.1) is 5.92 Å². The van der Waals surface area contributed by atoms with E-state index < -0.39 is 0 Å². The van der Waals surface area contributed by atoms with Gasteiger partial charge in [-0.3, -0.25) is 4.79 Å². The number of allylic oxidation sites excluding steroid dienone is 2. The normalized spacial score (nSPS) is 23.2. The number of nitrogens with zero attached hydrogens (tertiary/aromatic N) is 3. The summed E-state index contributed by atoms with van der Waals surface area (Å²) in [5.74, 6) is 0.739. The van der Waals surface area contributed by atoms with Crippen LogP contribution in [0.5, 0.6) is 0 Å². The monoisotopic (exact) mass is 339 g/mol. The second-order valence-corrected chi connectivity index (χ2v) is 6.95. The molecule has 2 aliphatic rings. The highest BCUT2D eigenvalue weighted by Crippen LogP contribution is 2.27. The number of carbonyl (C=O) groups is 1. The smallest absolute Gasteiger partial charge is 0.223 e. The first-order valence-electron chi connectivity index (χ1n) is 9.28. The molecule has 0 bridgehead atoms. The van der Waals surface area contributed by atoms with Gasteiger partial charge in [0, 0.05) is 36.5 Å². The van der Waals surface area contributed by atoms with E-state index in [1.54, 1.807) is 0 Å². The van der Waals surface area contributed by atoms with E-state index in [9.17, 15) is 4.79 Å². The standard InChI is InChI=1S/C19H25N5O/c25-19(14-5-2-1-3-6-14)22-11-12-24-18-16(7-4-9-21-18)17(23-24)15-8-10-20-13-15/h1-2,4,7,9,14-15,20H,3,5-6,8,10-13H2,(H,22,25)/t14-,15-/m0/s1. The number of carbonyl (C=O) groups excluding carboxylic acids is 1. The Morgan fingerprint density at radius 3 is 3.12 bits per heavy atom. The van der Waals surface area contributed by atoms with Crippen LogP contribution in [0.3, 0.4) is 0 Å². The average Bonchev–Trinajstić information content (AvgIpc) is 3.30. The summed E-state index contributed by atoms with van der Waals surface area (Å²) in [7, 11) is 0. The maximum Gasteiger partial charge on any atom is 0.223 e. The van der Waals surface area contributed by atoms with E-state index in [0.29, 0.717) is 19.0 Å². The lowest BCUT2D eigenvalue weighted by molar-refractivity contribution is -0.125. The van der Waals surface area contributed by atoms with E-state index in [-0.39, 0.29) is 11.8 Å². The fourth-order valence-electron chi connectivity index (χ4n) is 3.84. The predicted molar refractivity (Wildman–Crippen MR) is 97.2 cm³/mol. The molecule has 2 N–H and O–H groups in total. The minimum absolute atomic E-state index is 0.123. The van der Waals surface area contributed by atoms with Gasteiger partial charge in [0.25, 0.3) is 0 Å². The lowest BCUT2D eigenvalue weighted by atomic mass is 9.94. The summed E-state index contributed by atoms with van der Waals surface area (Å²) < 4.78 is 1.95. The van der Waals surface area contributed by atoms with E-state index in [1.165, 1.54) is 0 Å². The second-order valence-electron chi connectivity index (χ2n) is 6.95. The number of fused-ring (bicyclic) bond motifs is 1. The Labute approximate surface area is 147 Å². The average molecular weight is 339 g/mol. The molecular formula is C19H25N5O. The first kappa shape index (κ1) is 16.3. The Bertz CT molecular complexity index is 775. The van der Waals surface area contributed by atoms with Gasteiger partial charge < -0.3 is 10.6 Å². The Morgan fingerprint density at radius 1 is 1.36 bits per heavy atom. The number of hydrogen-bond donors (Lipinski definition) is 2. The Morgan fingerprint density at radius 2 is 2.32 bits per heavy atom. The van der Waals surface area contributed by atoms with Crippen LogP contribution in [0.15, 0.2) is 30.5 Å². The van der Waals surface area contributed by atoms with Gasteiger partial charge in [-0.05, 0) is 44.4 Å². The van der Waals surface area contributed by atoms with Gasteiger partial charge in [0.05, 0.1) is 12.2 Å². The summed E-state index contributed by atoms with van der Waals surface area (Å²) in [6.07, 6.45) is 10.0. The summed E-state index contributed by atoms with van der Waals surface area (Å²) >= 11 is 0. The molecule has 1 aliphatic carbocycles. The van der Waals surface area contributed by atoms with Crippen LogP contribution in [0.2, 0.25) is 0 Å². The van der Waals surface area contributed by atoms with Crippen molar-refractivity contribution < 1.29 is 4.79 Å². The summed E-state index contributed by atoms with van der Waals surface area (Å²) in [5, 5.41) is 12.4. The van der Waals surface area contributed by atoms with Gasteiger partial charge in [0.1, 0.15) is 0 Å². The van der Waals surface area contributed by atoms with Crippen molar-refractivity contribution in [3.8, 4) is 0 Å². The molecule has 6 nitrogen and oxygen atoms in total. The predicted octanol–water partition coefficient (Wildman–Crippen LogP) is 1.98. The molecule has 3 heterocycles. The van der Waals surface area contributed by atoms with E-state index in [2.05, 4.69) is 33.8 Å². The molecule has 0 radical (unpaired) electrons. The molecule has 132 valence electrons. The van der Waals surface area contributed by atoms with Gasteiger partial charge >= 0.3 is 0 Å². The van der Waals surface area contributed by atoms with Gasteiger partial charge in [-0.25, -0.2) is 9.67 Å². The zero-order valence-corrected chi connectivity index (χ0v) is 14.4. The van der Waals surface area contributed by atoms with Crippen LogP contribution in [0.1, 0.15) is 37.3 Å². The van der Waals surface area contributed by atoms with Crippen LogP contribution in [-0.4, -0.2) is 40.3 Å². The van der Waals surface area contributed by atoms with Gasteiger partial charge in [-0.1, -0.05) is 12.2 Å². The fraction of sp³-hybridized carbons (Fsp3) is 0.526. The molecule has 0 unspecified atom stereocenters. The molecule has 25 heavy (non-hydrogen) atoms. The highest BCUT2D eigenvalue weighted by molar-refractivity contribution is 5.79. The Balaban J connectivity index is 1.44. The highest BCUT2D eigenvalue weighted by Gasteiger charge is 2.23. The molecule has 0 saturated carbocycles. The minimum Gasteiger partial charge on any atom is -0.354 e. The van der Waals surface area contributed by atoms with Crippen LogP contribution >= 0.6 is 0 Å². The lowest BCUT2D eigenvalue weighted by Crippen LogP contribution is -2.33. The first-order chi connectivity index (χ1) is 12.3. The quantitative estimate of drug-likeness (QED) is 0.817. The zero-order chi connectivity index (χ0) is 17.1. The largest absolute Gasteiger partial charge is 0.354 e. The SMILES string of the molecule is O=C(NCCn1nc([C@H]2CCNC2)c2cccnc21)[C@H]1CC=CCC1. The summed E-state index contributed by atoms with van der Waals surface area (Å²) in [5.41, 5.74) is 2.05. The Kier molecular flexibility index (Phi) is 4.78. The van der Waals surface area contributed by atoms with Crippen LogP contribution in [0.4, 0.5) is 0 Å². The molecular weight excluding hydrogens is 314 g/mol. The van der Waals surface area contributed by atoms with Gasteiger partial charge in [-0.2, -0.15) is 5.10 Å². The summed E-state index contributed by atoms with van der Waals surface area (Å²) in [4.78, 5) is 16.8. The van der Waals surface area contributed by atoms with E-state index in [1.807, 2.05) is 16.9 Å². The molecule has 1 saturated heterocycles. The van der Waals surface area contributed by atoms with Crippen molar-refractivity contribution in [1.29, 1.82) is 0 Å². The first-order valence-corrected chi connectivity index (χ1v) is 9.28. The van der Waals surface area contributed by atoms with E-state index in [4.69, 9.17) is 5.10 Å². The molecule has 1 amide bonds. The molecule has 1 aliphatic heterocycles. The fourth-order valence-corrected chi connectivity index (χ4v) is 3.84. The number of hydrogen-bond acceptors (Lipinski definition) is 4. The summed E-state index contributed by atoms with van der Waals surface area (Å²) in [6.45, 7) is 3.27. The number of pyridine rings is 1. The van der Waals surface area contributed by atoms with Crippen molar-refractivity contribution in [2.75, 3.05) is 19.6 Å². The lowest BCUT2D eigenvalue weighted by Gasteiger charge is -2.17. The van der Waals surface area contributed by atoms with Crippen molar-refractivity contribution in [3.63, 3.8) is 0 Å². The van der Waals surface area contributed by atoms with Crippen molar-refractivity contribution >= 4 is 16.9 Å². The van der Waals surface area contributed by atoms with E-state index in [0.717, 1.165) is 55.5 Å². The topological polar surface area (TPSA) is 71.8 Å². The number of amides is 1. The van der Waals surface area contributed by atoms with Crippen molar-refractivity contribution in [2.45, 2.75) is 38.1 Å². The van der Waals surface area contributed by atoms with Crippen LogP contribution in [-0.2, 0) is 11.3 Å². The molecule has 1 fully saturated rings. The maximum atomic E-state index is 12.3. The molecule has 6 heteroatoms. The third kappa shape index (κ3) is 3.44. The van der Waals surface area contributed by atoms with E-state index >= 15 is 0 Å². The van der Waals surface area contributed by atoms with Crippen molar-refractivity contribution in [2.24, 2.45) is 5.92 Å². The minimum atomic E-state index is 0.123. The Hall–Kier alpha value is -2.21.